The molecule has 0 saturated heterocycles. The number of aromatic amines is 1. The summed E-state index contributed by atoms with van der Waals surface area (Å²) < 4.78 is 6.02. The first-order chi connectivity index (χ1) is 14.3. The molecule has 0 bridgehead atoms. The number of aromatic nitrogens is 3. The highest BCUT2D eigenvalue weighted by atomic mass is 16.6. The van der Waals surface area contributed by atoms with Gasteiger partial charge in [0.2, 0.25) is 11.8 Å². The highest BCUT2D eigenvalue weighted by molar-refractivity contribution is 5.82. The third kappa shape index (κ3) is 4.11. The Morgan fingerprint density at radius 1 is 1.20 bits per heavy atom. The van der Waals surface area contributed by atoms with E-state index >= 15 is 0 Å². The first kappa shape index (κ1) is 19.8. The van der Waals surface area contributed by atoms with Gasteiger partial charge in [-0.3, -0.25) is 14.7 Å². The molecule has 2 heterocycles. The van der Waals surface area contributed by atoms with Crippen molar-refractivity contribution >= 4 is 17.0 Å². The van der Waals surface area contributed by atoms with E-state index in [4.69, 9.17) is 14.2 Å². The minimum absolute atomic E-state index is 0.0356. The van der Waals surface area contributed by atoms with Crippen molar-refractivity contribution in [2.24, 2.45) is 0 Å². The van der Waals surface area contributed by atoms with E-state index in [0.29, 0.717) is 5.89 Å². The third-order valence-electron chi connectivity index (χ3n) is 4.79. The van der Waals surface area contributed by atoms with Gasteiger partial charge >= 0.3 is 0 Å². The average Bonchev–Trinajstić information content (AvgIpc) is 3.33. The first-order valence-corrected chi connectivity index (χ1v) is 9.74. The zero-order chi connectivity index (χ0) is 21.3. The Morgan fingerprint density at radius 3 is 2.80 bits per heavy atom. The molecule has 2 aromatic carbocycles. The minimum Gasteiger partial charge on any atom is -0.436 e. The summed E-state index contributed by atoms with van der Waals surface area (Å²) in [6, 6.07) is 13.9. The molecule has 0 spiro atoms. The predicted molar refractivity (Wildman–Crippen MR) is 114 cm³/mol. The lowest BCUT2D eigenvalue weighted by Crippen LogP contribution is -2.19. The summed E-state index contributed by atoms with van der Waals surface area (Å²) in [5, 5.41) is 7.25. The number of carbonyl (C=O) groups excluding carboxylic acids is 1. The number of nitrogens with zero attached hydrogens (tertiary/aromatic N) is 2. The summed E-state index contributed by atoms with van der Waals surface area (Å²) >= 11 is 0. The standard InChI is InChI=1S/C23H24N4O3/c1-14(28)27-29-13-15-6-5-7-16(10-15)21-18(12-24-26-21)22-25-19-11-17(23(2,3)4)8-9-20(19)30-22/h5-12H,13H2,1-4H3,(H,24,26)(H,27,28). The van der Waals surface area contributed by atoms with Crippen LogP contribution >= 0.6 is 0 Å². The van der Waals surface area contributed by atoms with E-state index in [1.165, 1.54) is 12.5 Å². The van der Waals surface area contributed by atoms with Gasteiger partial charge in [0, 0.05) is 12.5 Å². The summed E-state index contributed by atoms with van der Waals surface area (Å²) in [5.74, 6) is 0.271. The number of rotatable bonds is 5. The lowest BCUT2D eigenvalue weighted by atomic mass is 9.87. The molecule has 1 amide bonds. The number of nitrogens with one attached hydrogen (secondary N) is 2. The molecule has 4 rings (SSSR count). The summed E-state index contributed by atoms with van der Waals surface area (Å²) in [4.78, 5) is 20.9. The average molecular weight is 404 g/mol. The van der Waals surface area contributed by atoms with Crippen LogP contribution in [0.2, 0.25) is 0 Å². The fraction of sp³-hybridized carbons (Fsp3) is 0.261. The van der Waals surface area contributed by atoms with Gasteiger partial charge < -0.3 is 4.42 Å². The van der Waals surface area contributed by atoms with Crippen LogP contribution in [0.3, 0.4) is 0 Å². The molecular weight excluding hydrogens is 380 g/mol. The quantitative estimate of drug-likeness (QED) is 0.468. The Kier molecular flexibility index (Phi) is 5.13. The monoisotopic (exact) mass is 404 g/mol. The Hall–Kier alpha value is -3.45. The molecule has 154 valence electrons. The third-order valence-corrected chi connectivity index (χ3v) is 4.79. The van der Waals surface area contributed by atoms with Crippen LogP contribution in [0.5, 0.6) is 0 Å². The number of fused-ring (bicyclic) bond motifs is 1. The van der Waals surface area contributed by atoms with Crippen LogP contribution in [0.15, 0.2) is 53.1 Å². The Balaban J connectivity index is 1.66. The van der Waals surface area contributed by atoms with E-state index < -0.39 is 0 Å². The maximum absolute atomic E-state index is 11.0. The number of hydrogen-bond donors (Lipinski definition) is 2. The SMILES string of the molecule is CC(=O)NOCc1cccc(-c2[nH]ncc2-c2nc3cc(C(C)(C)C)ccc3o2)c1. The molecule has 0 aliphatic carbocycles. The molecule has 7 nitrogen and oxygen atoms in total. The molecule has 30 heavy (non-hydrogen) atoms. The molecule has 2 aromatic heterocycles. The number of hydroxylamine groups is 1. The summed E-state index contributed by atoms with van der Waals surface area (Å²) in [6.07, 6.45) is 1.71. The van der Waals surface area contributed by atoms with Crippen molar-refractivity contribution in [3.05, 3.63) is 59.8 Å². The van der Waals surface area contributed by atoms with Crippen LogP contribution in [0.4, 0.5) is 0 Å². The largest absolute Gasteiger partial charge is 0.436 e. The van der Waals surface area contributed by atoms with Crippen LogP contribution in [0.1, 0.15) is 38.8 Å². The Bertz CT molecular complexity index is 1200. The number of H-pyrrole nitrogens is 1. The van der Waals surface area contributed by atoms with Gasteiger partial charge in [-0.25, -0.2) is 10.5 Å². The van der Waals surface area contributed by atoms with Gasteiger partial charge in [-0.15, -0.1) is 0 Å². The van der Waals surface area contributed by atoms with E-state index in [2.05, 4.69) is 48.6 Å². The van der Waals surface area contributed by atoms with Gasteiger partial charge in [0.05, 0.1) is 24.1 Å². The smallest absolute Gasteiger partial charge is 0.240 e. The fourth-order valence-electron chi connectivity index (χ4n) is 3.22. The van der Waals surface area contributed by atoms with Crippen LogP contribution in [-0.2, 0) is 21.7 Å². The van der Waals surface area contributed by atoms with Crippen molar-refractivity contribution in [2.45, 2.75) is 39.7 Å². The molecule has 0 unspecified atom stereocenters. The molecule has 0 atom stereocenters. The van der Waals surface area contributed by atoms with Gasteiger partial charge in [-0.1, -0.05) is 45.0 Å². The number of benzene rings is 2. The Morgan fingerprint density at radius 2 is 2.03 bits per heavy atom. The van der Waals surface area contributed by atoms with Gasteiger partial charge in [0.15, 0.2) is 5.58 Å². The second-order valence-electron chi connectivity index (χ2n) is 8.26. The molecule has 0 fully saturated rings. The highest BCUT2D eigenvalue weighted by Crippen LogP contribution is 2.33. The zero-order valence-electron chi connectivity index (χ0n) is 17.4. The van der Waals surface area contributed by atoms with Crippen LogP contribution < -0.4 is 5.48 Å². The fourth-order valence-corrected chi connectivity index (χ4v) is 3.22. The number of amides is 1. The molecule has 4 aromatic rings. The molecule has 7 heteroatoms. The topological polar surface area (TPSA) is 93.0 Å². The van der Waals surface area contributed by atoms with Crippen molar-refractivity contribution < 1.29 is 14.0 Å². The Labute approximate surface area is 174 Å². The van der Waals surface area contributed by atoms with Gasteiger partial charge in [-0.05, 0) is 34.7 Å². The first-order valence-electron chi connectivity index (χ1n) is 9.74. The second kappa shape index (κ2) is 7.76. The molecule has 0 aliphatic rings. The highest BCUT2D eigenvalue weighted by Gasteiger charge is 2.19. The number of hydrogen-bond acceptors (Lipinski definition) is 5. The molecule has 0 aliphatic heterocycles. The normalized spacial score (nSPS) is 11.7. The van der Waals surface area contributed by atoms with E-state index in [0.717, 1.165) is 33.5 Å². The molecule has 0 radical (unpaired) electrons. The van der Waals surface area contributed by atoms with Crippen LogP contribution in [0, 0.1) is 0 Å². The zero-order valence-corrected chi connectivity index (χ0v) is 17.4. The van der Waals surface area contributed by atoms with E-state index in [1.54, 1.807) is 6.20 Å². The van der Waals surface area contributed by atoms with E-state index in [9.17, 15) is 4.79 Å². The lowest BCUT2D eigenvalue weighted by molar-refractivity contribution is -0.132. The van der Waals surface area contributed by atoms with Crippen molar-refractivity contribution in [3.8, 4) is 22.7 Å². The minimum atomic E-state index is -0.243. The summed E-state index contributed by atoms with van der Waals surface area (Å²) in [6.45, 7) is 8.18. The van der Waals surface area contributed by atoms with Crippen molar-refractivity contribution in [3.63, 3.8) is 0 Å². The molecule has 0 saturated carbocycles. The van der Waals surface area contributed by atoms with Gasteiger partial charge in [0.25, 0.3) is 0 Å². The maximum Gasteiger partial charge on any atom is 0.240 e. The predicted octanol–water partition coefficient (Wildman–Crippen LogP) is 4.75. The maximum atomic E-state index is 11.0. The second-order valence-corrected chi connectivity index (χ2v) is 8.26. The van der Waals surface area contributed by atoms with E-state index in [1.807, 2.05) is 30.3 Å². The van der Waals surface area contributed by atoms with Crippen LogP contribution in [0.25, 0.3) is 33.8 Å². The van der Waals surface area contributed by atoms with Crippen molar-refractivity contribution in [1.29, 1.82) is 0 Å². The number of oxazole rings is 1. The van der Waals surface area contributed by atoms with Gasteiger partial charge in [0.1, 0.15) is 5.52 Å². The summed E-state index contributed by atoms with van der Waals surface area (Å²) in [7, 11) is 0. The van der Waals surface area contributed by atoms with Crippen LogP contribution in [-0.4, -0.2) is 21.1 Å². The van der Waals surface area contributed by atoms with Crippen molar-refractivity contribution in [2.75, 3.05) is 0 Å². The number of carbonyl (C=O) groups is 1. The van der Waals surface area contributed by atoms with Gasteiger partial charge in [-0.2, -0.15) is 5.10 Å². The molecule has 2 N–H and O–H groups in total. The van der Waals surface area contributed by atoms with E-state index in [-0.39, 0.29) is 17.9 Å². The van der Waals surface area contributed by atoms with Crippen molar-refractivity contribution in [1.82, 2.24) is 20.7 Å². The summed E-state index contributed by atoms with van der Waals surface area (Å²) in [5.41, 5.74) is 8.55. The molecular formula is C23H24N4O3. The lowest BCUT2D eigenvalue weighted by Gasteiger charge is -2.18.